The molecule has 1 N–H and O–H groups in total. The quantitative estimate of drug-likeness (QED) is 0.738. The second-order valence-corrected chi connectivity index (χ2v) is 5.23. The van der Waals surface area contributed by atoms with Crippen LogP contribution in [0.3, 0.4) is 0 Å². The lowest BCUT2D eigenvalue weighted by molar-refractivity contribution is 0.442. The molecule has 3 nitrogen and oxygen atoms in total. The van der Waals surface area contributed by atoms with Crippen molar-refractivity contribution in [1.82, 2.24) is 4.98 Å². The summed E-state index contributed by atoms with van der Waals surface area (Å²) in [4.78, 5) is 4.31. The predicted molar refractivity (Wildman–Crippen MR) is 63.8 cm³/mol. The number of rotatable bonds is 0. The molecule has 0 unspecified atom stereocenters. The smallest absolute Gasteiger partial charge is 0.192 e. The predicted octanol–water partition coefficient (Wildman–Crippen LogP) is 3.45. The fourth-order valence-corrected chi connectivity index (χ4v) is 1.90. The molecule has 0 radical (unpaired) electrons. The highest BCUT2D eigenvalue weighted by Gasteiger charge is 2.22. The first-order chi connectivity index (χ1) is 7.30. The Morgan fingerprint density at radius 1 is 1.25 bits per heavy atom. The van der Waals surface area contributed by atoms with Crippen molar-refractivity contribution in [3.63, 3.8) is 0 Å². The van der Waals surface area contributed by atoms with Crippen molar-refractivity contribution < 1.29 is 9.52 Å². The van der Waals surface area contributed by atoms with E-state index >= 15 is 0 Å². The number of aromatic hydroxyl groups is 1. The molecule has 2 rings (SSSR count). The molecule has 0 saturated heterocycles. The molecular formula is C13H17NO2. The highest BCUT2D eigenvalue weighted by Crippen LogP contribution is 2.37. The Kier molecular flexibility index (Phi) is 2.22. The molecule has 2 aromatic rings. The maximum absolute atomic E-state index is 10.2. The van der Waals surface area contributed by atoms with Crippen LogP contribution in [-0.4, -0.2) is 10.1 Å². The van der Waals surface area contributed by atoms with Gasteiger partial charge in [0.2, 0.25) is 0 Å². The van der Waals surface area contributed by atoms with Crippen LogP contribution in [0, 0.1) is 13.8 Å². The summed E-state index contributed by atoms with van der Waals surface area (Å²) >= 11 is 0. The minimum atomic E-state index is -0.101. The Morgan fingerprint density at radius 3 is 2.44 bits per heavy atom. The molecule has 86 valence electrons. The number of aryl methyl sites for hydroxylation is 2. The standard InChI is InChI=1S/C13H17NO2/c1-7-11(15)9(13(3,4)5)6-10-12(7)16-8(2)14-10/h6,15H,1-5H3. The lowest BCUT2D eigenvalue weighted by atomic mass is 9.85. The number of hydrogen-bond donors (Lipinski definition) is 1. The molecule has 0 amide bonds. The van der Waals surface area contributed by atoms with Gasteiger partial charge in [0.05, 0.1) is 0 Å². The van der Waals surface area contributed by atoms with Crippen molar-refractivity contribution >= 4 is 11.1 Å². The van der Waals surface area contributed by atoms with Gasteiger partial charge in [-0.3, -0.25) is 0 Å². The highest BCUT2D eigenvalue weighted by molar-refractivity contribution is 5.80. The summed E-state index contributed by atoms with van der Waals surface area (Å²) in [5.41, 5.74) is 3.07. The van der Waals surface area contributed by atoms with Crippen molar-refractivity contribution in [2.45, 2.75) is 40.0 Å². The normalized spacial score (nSPS) is 12.3. The molecule has 0 atom stereocenters. The Morgan fingerprint density at radius 2 is 1.88 bits per heavy atom. The van der Waals surface area contributed by atoms with Crippen LogP contribution in [0.25, 0.3) is 11.1 Å². The summed E-state index contributed by atoms with van der Waals surface area (Å²) in [6.45, 7) is 9.88. The van der Waals surface area contributed by atoms with Gasteiger partial charge in [0.1, 0.15) is 11.3 Å². The molecule has 1 aromatic carbocycles. The van der Waals surface area contributed by atoms with Crippen LogP contribution >= 0.6 is 0 Å². The van der Waals surface area contributed by atoms with Gasteiger partial charge < -0.3 is 9.52 Å². The van der Waals surface area contributed by atoms with Crippen molar-refractivity contribution in [3.05, 3.63) is 23.1 Å². The molecular weight excluding hydrogens is 202 g/mol. The van der Waals surface area contributed by atoms with Crippen molar-refractivity contribution in [3.8, 4) is 5.75 Å². The van der Waals surface area contributed by atoms with Gasteiger partial charge in [-0.05, 0) is 18.4 Å². The number of phenols is 1. The van der Waals surface area contributed by atoms with Gasteiger partial charge in [0.25, 0.3) is 0 Å². The van der Waals surface area contributed by atoms with E-state index < -0.39 is 0 Å². The summed E-state index contributed by atoms with van der Waals surface area (Å²) < 4.78 is 5.48. The molecule has 16 heavy (non-hydrogen) atoms. The fourth-order valence-electron chi connectivity index (χ4n) is 1.90. The van der Waals surface area contributed by atoms with Crippen LogP contribution < -0.4 is 0 Å². The zero-order chi connectivity index (χ0) is 12.1. The summed E-state index contributed by atoms with van der Waals surface area (Å²) in [7, 11) is 0. The Bertz CT molecular complexity index is 547. The topological polar surface area (TPSA) is 46.3 Å². The minimum absolute atomic E-state index is 0.101. The summed E-state index contributed by atoms with van der Waals surface area (Å²) in [6, 6.07) is 1.91. The molecule has 3 heteroatoms. The molecule has 1 aromatic heterocycles. The monoisotopic (exact) mass is 219 g/mol. The van der Waals surface area contributed by atoms with Crippen LogP contribution in [0.15, 0.2) is 10.5 Å². The van der Waals surface area contributed by atoms with E-state index in [2.05, 4.69) is 25.8 Å². The molecule has 0 aliphatic heterocycles. The third-order valence-corrected chi connectivity index (χ3v) is 2.80. The number of aromatic nitrogens is 1. The first-order valence-electron chi connectivity index (χ1n) is 5.41. The van der Waals surface area contributed by atoms with Gasteiger partial charge in [-0.2, -0.15) is 0 Å². The maximum atomic E-state index is 10.2. The lowest BCUT2D eigenvalue weighted by Gasteiger charge is -2.21. The second kappa shape index (κ2) is 3.24. The second-order valence-electron chi connectivity index (χ2n) is 5.23. The Labute approximate surface area is 95.1 Å². The number of oxazole rings is 1. The van der Waals surface area contributed by atoms with Gasteiger partial charge in [-0.1, -0.05) is 20.8 Å². The molecule has 0 saturated carbocycles. The first-order valence-corrected chi connectivity index (χ1v) is 5.41. The molecule has 0 aliphatic carbocycles. The van der Waals surface area contributed by atoms with Gasteiger partial charge in [-0.15, -0.1) is 0 Å². The average molecular weight is 219 g/mol. The van der Waals surface area contributed by atoms with Gasteiger partial charge in [0, 0.05) is 18.1 Å². The largest absolute Gasteiger partial charge is 0.507 e. The Balaban J connectivity index is 2.83. The number of phenolic OH excluding ortho intramolecular Hbond substituents is 1. The summed E-state index contributed by atoms with van der Waals surface area (Å²) in [5, 5.41) is 10.2. The van der Waals surface area contributed by atoms with Crippen LogP contribution in [0.2, 0.25) is 0 Å². The summed E-state index contributed by atoms with van der Waals surface area (Å²) in [6.07, 6.45) is 0. The van der Waals surface area contributed by atoms with E-state index in [1.54, 1.807) is 0 Å². The molecule has 0 bridgehead atoms. The van der Waals surface area contributed by atoms with Gasteiger partial charge >= 0.3 is 0 Å². The van der Waals surface area contributed by atoms with Gasteiger partial charge in [0.15, 0.2) is 11.5 Å². The number of hydrogen-bond acceptors (Lipinski definition) is 3. The van der Waals surface area contributed by atoms with E-state index in [0.29, 0.717) is 17.2 Å². The molecule has 0 spiro atoms. The summed E-state index contributed by atoms with van der Waals surface area (Å²) in [5.74, 6) is 0.944. The van der Waals surface area contributed by atoms with Gasteiger partial charge in [-0.25, -0.2) is 4.98 Å². The molecule has 1 heterocycles. The van der Waals surface area contributed by atoms with E-state index in [0.717, 1.165) is 16.6 Å². The lowest BCUT2D eigenvalue weighted by Crippen LogP contribution is -2.11. The van der Waals surface area contributed by atoms with E-state index in [9.17, 15) is 5.11 Å². The van der Waals surface area contributed by atoms with Crippen LogP contribution in [0.4, 0.5) is 0 Å². The zero-order valence-corrected chi connectivity index (χ0v) is 10.4. The Hall–Kier alpha value is -1.51. The van der Waals surface area contributed by atoms with E-state index in [1.807, 2.05) is 19.9 Å². The van der Waals surface area contributed by atoms with Crippen LogP contribution in [0.5, 0.6) is 5.75 Å². The van der Waals surface area contributed by atoms with E-state index in [-0.39, 0.29) is 5.41 Å². The zero-order valence-electron chi connectivity index (χ0n) is 10.4. The number of fused-ring (bicyclic) bond motifs is 1. The number of benzene rings is 1. The third kappa shape index (κ3) is 1.56. The fraction of sp³-hybridized carbons (Fsp3) is 0.462. The number of nitrogens with zero attached hydrogens (tertiary/aromatic N) is 1. The van der Waals surface area contributed by atoms with E-state index in [1.165, 1.54) is 0 Å². The van der Waals surface area contributed by atoms with Crippen LogP contribution in [0.1, 0.15) is 37.8 Å². The third-order valence-electron chi connectivity index (χ3n) is 2.80. The van der Waals surface area contributed by atoms with Crippen molar-refractivity contribution in [2.75, 3.05) is 0 Å². The maximum Gasteiger partial charge on any atom is 0.192 e. The van der Waals surface area contributed by atoms with Crippen molar-refractivity contribution in [1.29, 1.82) is 0 Å². The highest BCUT2D eigenvalue weighted by atomic mass is 16.3. The van der Waals surface area contributed by atoms with Crippen LogP contribution in [-0.2, 0) is 5.41 Å². The molecule has 0 fully saturated rings. The first kappa shape index (κ1) is 11.0. The molecule has 0 aliphatic rings. The average Bonchev–Trinajstić information content (AvgIpc) is 2.51. The van der Waals surface area contributed by atoms with E-state index in [4.69, 9.17) is 4.42 Å². The van der Waals surface area contributed by atoms with Crippen molar-refractivity contribution in [2.24, 2.45) is 0 Å². The SMILES string of the molecule is Cc1nc2cc(C(C)(C)C)c(O)c(C)c2o1. The minimum Gasteiger partial charge on any atom is -0.507 e.